The standard InChI is InChI=1S/C9H12N4O/c1-2-12-8(4-10-1)9-6-11-3-7(9)5-14-13-9/h1-2,4,7,11,13H,3,5-6H2/t7-,9+/m0/s1. The Morgan fingerprint density at radius 1 is 1.50 bits per heavy atom. The zero-order chi connectivity index (χ0) is 9.43. The van der Waals surface area contributed by atoms with E-state index in [1.54, 1.807) is 12.4 Å². The van der Waals surface area contributed by atoms with Crippen molar-refractivity contribution >= 4 is 0 Å². The zero-order valence-electron chi connectivity index (χ0n) is 7.73. The summed E-state index contributed by atoms with van der Waals surface area (Å²) in [5.41, 5.74) is 3.89. The van der Waals surface area contributed by atoms with Crippen molar-refractivity contribution in [2.75, 3.05) is 19.7 Å². The Morgan fingerprint density at radius 3 is 3.36 bits per heavy atom. The average molecular weight is 192 g/mol. The van der Waals surface area contributed by atoms with Crippen LogP contribution >= 0.6 is 0 Å². The van der Waals surface area contributed by atoms with Crippen molar-refractivity contribution in [2.24, 2.45) is 5.92 Å². The van der Waals surface area contributed by atoms with Gasteiger partial charge >= 0.3 is 0 Å². The first-order chi connectivity index (χ1) is 6.92. The van der Waals surface area contributed by atoms with Crippen molar-refractivity contribution in [1.29, 1.82) is 0 Å². The molecule has 5 heteroatoms. The molecule has 0 bridgehead atoms. The molecule has 5 nitrogen and oxygen atoms in total. The quantitative estimate of drug-likeness (QED) is 0.624. The number of fused-ring (bicyclic) bond motifs is 1. The van der Waals surface area contributed by atoms with Gasteiger partial charge < -0.3 is 10.2 Å². The predicted molar refractivity (Wildman–Crippen MR) is 49.2 cm³/mol. The Balaban J connectivity index is 2.03. The lowest BCUT2D eigenvalue weighted by atomic mass is 9.86. The van der Waals surface area contributed by atoms with E-state index >= 15 is 0 Å². The van der Waals surface area contributed by atoms with Crippen LogP contribution in [-0.4, -0.2) is 29.7 Å². The van der Waals surface area contributed by atoms with Crippen LogP contribution in [0.2, 0.25) is 0 Å². The lowest BCUT2D eigenvalue weighted by Gasteiger charge is -2.24. The van der Waals surface area contributed by atoms with Crippen LogP contribution < -0.4 is 10.8 Å². The summed E-state index contributed by atoms with van der Waals surface area (Å²) >= 11 is 0. The number of hydrogen-bond donors (Lipinski definition) is 2. The highest BCUT2D eigenvalue weighted by Crippen LogP contribution is 2.35. The van der Waals surface area contributed by atoms with Crippen LogP contribution in [0.3, 0.4) is 0 Å². The van der Waals surface area contributed by atoms with Gasteiger partial charge in [0, 0.05) is 31.4 Å². The maximum Gasteiger partial charge on any atom is 0.105 e. The van der Waals surface area contributed by atoms with Crippen molar-refractivity contribution in [3.63, 3.8) is 0 Å². The minimum absolute atomic E-state index is 0.158. The van der Waals surface area contributed by atoms with Gasteiger partial charge in [0.2, 0.25) is 0 Å². The number of nitrogens with one attached hydrogen (secondary N) is 2. The largest absolute Gasteiger partial charge is 0.314 e. The third-order valence-corrected chi connectivity index (χ3v) is 3.05. The second kappa shape index (κ2) is 2.98. The van der Waals surface area contributed by atoms with Gasteiger partial charge in [0.05, 0.1) is 18.5 Å². The van der Waals surface area contributed by atoms with E-state index < -0.39 is 0 Å². The number of aromatic nitrogens is 2. The minimum atomic E-state index is -0.158. The SMILES string of the molecule is c1cnc([C@@]23CNC[C@H]2CON3)cn1. The third kappa shape index (κ3) is 1.00. The third-order valence-electron chi connectivity index (χ3n) is 3.05. The second-order valence-corrected chi connectivity index (χ2v) is 3.80. The van der Waals surface area contributed by atoms with Gasteiger partial charge in [0.1, 0.15) is 5.54 Å². The van der Waals surface area contributed by atoms with Gasteiger partial charge in [-0.1, -0.05) is 0 Å². The highest BCUT2D eigenvalue weighted by Gasteiger charge is 2.50. The molecule has 1 aromatic rings. The molecule has 0 unspecified atom stereocenters. The summed E-state index contributed by atoms with van der Waals surface area (Å²) < 4.78 is 0. The minimum Gasteiger partial charge on any atom is -0.314 e. The van der Waals surface area contributed by atoms with E-state index in [1.165, 1.54) is 0 Å². The summed E-state index contributed by atoms with van der Waals surface area (Å²) in [6.07, 6.45) is 5.22. The van der Waals surface area contributed by atoms with Crippen LogP contribution in [0, 0.1) is 5.92 Å². The first kappa shape index (κ1) is 8.28. The molecule has 74 valence electrons. The monoisotopic (exact) mass is 192 g/mol. The van der Waals surface area contributed by atoms with Crippen molar-refractivity contribution in [3.05, 3.63) is 24.3 Å². The first-order valence-corrected chi connectivity index (χ1v) is 4.78. The summed E-state index contributed by atoms with van der Waals surface area (Å²) in [7, 11) is 0. The topological polar surface area (TPSA) is 59.1 Å². The molecule has 0 spiro atoms. The van der Waals surface area contributed by atoms with Crippen molar-refractivity contribution < 1.29 is 4.84 Å². The lowest BCUT2D eigenvalue weighted by molar-refractivity contribution is 0.0587. The van der Waals surface area contributed by atoms with Crippen LogP contribution in [0.4, 0.5) is 0 Å². The molecule has 0 aliphatic carbocycles. The predicted octanol–water partition coefficient (Wildman–Crippen LogP) is -0.574. The molecule has 2 saturated heterocycles. The summed E-state index contributed by atoms with van der Waals surface area (Å²) in [6, 6.07) is 0. The van der Waals surface area contributed by atoms with E-state index in [2.05, 4.69) is 20.8 Å². The molecule has 3 rings (SSSR count). The fourth-order valence-electron chi connectivity index (χ4n) is 2.24. The number of hydroxylamine groups is 1. The van der Waals surface area contributed by atoms with Crippen molar-refractivity contribution in [1.82, 2.24) is 20.8 Å². The van der Waals surface area contributed by atoms with Crippen LogP contribution in [-0.2, 0) is 10.4 Å². The highest BCUT2D eigenvalue weighted by molar-refractivity contribution is 5.19. The molecule has 2 atom stereocenters. The van der Waals surface area contributed by atoms with E-state index in [1.807, 2.05) is 6.20 Å². The zero-order valence-corrected chi connectivity index (χ0v) is 7.73. The van der Waals surface area contributed by atoms with Gasteiger partial charge in [-0.05, 0) is 0 Å². The Bertz CT molecular complexity index is 319. The molecule has 0 amide bonds. The van der Waals surface area contributed by atoms with E-state index in [-0.39, 0.29) is 5.54 Å². The molecule has 0 saturated carbocycles. The van der Waals surface area contributed by atoms with Crippen molar-refractivity contribution in [3.8, 4) is 0 Å². The van der Waals surface area contributed by atoms with Crippen molar-refractivity contribution in [2.45, 2.75) is 5.54 Å². The van der Waals surface area contributed by atoms with Gasteiger partial charge in [-0.2, -0.15) is 5.48 Å². The Kier molecular flexibility index (Phi) is 1.76. The molecule has 14 heavy (non-hydrogen) atoms. The normalized spacial score (nSPS) is 35.9. The van der Waals surface area contributed by atoms with E-state index in [0.29, 0.717) is 5.92 Å². The molecule has 3 heterocycles. The van der Waals surface area contributed by atoms with E-state index in [4.69, 9.17) is 4.84 Å². The molecule has 2 aliphatic heterocycles. The molecule has 0 radical (unpaired) electrons. The summed E-state index contributed by atoms with van der Waals surface area (Å²) in [5, 5.41) is 3.35. The van der Waals surface area contributed by atoms with Crippen LogP contribution in [0.1, 0.15) is 5.69 Å². The molecule has 1 aromatic heterocycles. The Hall–Kier alpha value is -1.04. The summed E-state index contributed by atoms with van der Waals surface area (Å²) in [4.78, 5) is 13.8. The Labute approximate surface area is 81.9 Å². The highest BCUT2D eigenvalue weighted by atomic mass is 16.7. The Morgan fingerprint density at radius 2 is 2.50 bits per heavy atom. The van der Waals surface area contributed by atoms with Crippen LogP contribution in [0.15, 0.2) is 18.6 Å². The number of nitrogens with zero attached hydrogens (tertiary/aromatic N) is 2. The van der Waals surface area contributed by atoms with Gasteiger partial charge in [0.15, 0.2) is 0 Å². The molecule has 2 aliphatic rings. The molecular weight excluding hydrogens is 180 g/mol. The molecule has 2 fully saturated rings. The lowest BCUT2D eigenvalue weighted by Crippen LogP contribution is -2.43. The maximum atomic E-state index is 5.31. The first-order valence-electron chi connectivity index (χ1n) is 4.78. The second-order valence-electron chi connectivity index (χ2n) is 3.80. The van der Waals surface area contributed by atoms with Gasteiger partial charge in [-0.25, -0.2) is 0 Å². The molecular formula is C9H12N4O. The van der Waals surface area contributed by atoms with Gasteiger partial charge in [-0.3, -0.25) is 9.97 Å². The smallest absolute Gasteiger partial charge is 0.105 e. The van der Waals surface area contributed by atoms with Gasteiger partial charge in [-0.15, -0.1) is 0 Å². The van der Waals surface area contributed by atoms with E-state index in [0.717, 1.165) is 25.4 Å². The summed E-state index contributed by atoms with van der Waals surface area (Å²) in [6.45, 7) is 2.57. The molecule has 2 N–H and O–H groups in total. The van der Waals surface area contributed by atoms with E-state index in [9.17, 15) is 0 Å². The van der Waals surface area contributed by atoms with Crippen LogP contribution in [0.5, 0.6) is 0 Å². The number of hydrogen-bond acceptors (Lipinski definition) is 5. The number of rotatable bonds is 1. The fourth-order valence-corrected chi connectivity index (χ4v) is 2.24. The van der Waals surface area contributed by atoms with Crippen LogP contribution in [0.25, 0.3) is 0 Å². The fraction of sp³-hybridized carbons (Fsp3) is 0.556. The molecule has 0 aromatic carbocycles. The average Bonchev–Trinajstić information content (AvgIpc) is 2.77. The maximum absolute atomic E-state index is 5.31. The summed E-state index contributed by atoms with van der Waals surface area (Å²) in [5.74, 6) is 0.458. The van der Waals surface area contributed by atoms with Gasteiger partial charge in [0.25, 0.3) is 0 Å².